The van der Waals surface area contributed by atoms with E-state index in [1.54, 1.807) is 13.8 Å². The van der Waals surface area contributed by atoms with Gasteiger partial charge in [-0.15, -0.1) is 0 Å². The summed E-state index contributed by atoms with van der Waals surface area (Å²) >= 11 is 4.54. The third-order valence-electron chi connectivity index (χ3n) is 8.86. The molecule has 0 spiro atoms. The van der Waals surface area contributed by atoms with Crippen molar-refractivity contribution in [3.8, 4) is 22.8 Å². The van der Waals surface area contributed by atoms with Crippen molar-refractivity contribution in [3.05, 3.63) is 149 Å². The summed E-state index contributed by atoms with van der Waals surface area (Å²) in [5.74, 6) is -0.184. The molecule has 0 saturated heterocycles. The van der Waals surface area contributed by atoms with E-state index >= 15 is 0 Å². The molecule has 0 radical (unpaired) electrons. The monoisotopic (exact) mass is 735 g/mol. The first-order valence-corrected chi connectivity index (χ1v) is 20.9. The van der Waals surface area contributed by atoms with Crippen molar-refractivity contribution in [2.24, 2.45) is 0 Å². The molecule has 1 amide bonds. The number of nitrogens with one attached hydrogen (secondary N) is 1. The van der Waals surface area contributed by atoms with Gasteiger partial charge in [0.05, 0.1) is 0 Å². The zero-order valence-electron chi connectivity index (χ0n) is 27.5. The molecular formula is C41H39BrNO5P. The maximum atomic E-state index is 13.0. The second kappa shape index (κ2) is 14.4. The SMILES string of the molecule is CC(C)NC(=O)Oc1ccc2c(=O)cc(-c3ccc(CCCCP(Br)(c4ccccc4)(c4ccccc4)c4ccccc4)cc3)oc2c1O. The summed E-state index contributed by atoms with van der Waals surface area (Å²) in [5, 5.41) is 14.6. The molecule has 0 bridgehead atoms. The van der Waals surface area contributed by atoms with Crippen LogP contribution in [-0.4, -0.2) is 23.4 Å². The number of phenolic OH excluding ortho intramolecular Hbond substituents is 1. The number of benzene rings is 5. The standard InChI is InChI=1S/C41H39BrNO5P/c1-29(2)43-41(46)48-37-26-25-35-36(44)28-38(47-40(35)39(37)45)31-23-21-30(22-24-31)14-12-13-27-49(42,32-15-6-3-7-16-32,33-17-8-4-9-18-33)34-19-10-5-11-20-34/h3-11,15-26,28-29,45H,12-14,27H2,1-2H3,(H,43,46). The summed E-state index contributed by atoms with van der Waals surface area (Å²) in [4.78, 5) is 25.1. The number of halogens is 1. The number of amides is 1. The average molecular weight is 737 g/mol. The van der Waals surface area contributed by atoms with E-state index in [-0.39, 0.29) is 28.2 Å². The molecule has 0 aliphatic rings. The third kappa shape index (κ3) is 6.92. The molecule has 0 atom stereocenters. The third-order valence-corrected chi connectivity index (χ3v) is 18.9. The van der Waals surface area contributed by atoms with Gasteiger partial charge in [0.2, 0.25) is 0 Å². The van der Waals surface area contributed by atoms with E-state index < -0.39 is 17.1 Å². The van der Waals surface area contributed by atoms with Crippen molar-refractivity contribution in [2.45, 2.75) is 39.2 Å². The number of rotatable bonds is 11. The van der Waals surface area contributed by atoms with Gasteiger partial charge in [0.15, 0.2) is 5.75 Å². The first-order valence-electron chi connectivity index (χ1n) is 16.4. The van der Waals surface area contributed by atoms with Crippen LogP contribution in [-0.2, 0) is 6.42 Å². The molecule has 49 heavy (non-hydrogen) atoms. The van der Waals surface area contributed by atoms with E-state index in [4.69, 9.17) is 9.15 Å². The predicted molar refractivity (Wildman–Crippen MR) is 206 cm³/mol. The second-order valence-corrected chi connectivity index (χ2v) is 21.6. The Kier molecular flexibility index (Phi) is 10.0. The smallest absolute Gasteiger partial charge is 0.502 e. The number of unbranched alkanes of at least 4 members (excludes halogenated alkanes) is 1. The summed E-state index contributed by atoms with van der Waals surface area (Å²) < 4.78 is 11.3. The van der Waals surface area contributed by atoms with Crippen LogP contribution < -0.4 is 31.4 Å². The number of carbonyl (C=O) groups excluding carboxylic acids is 1. The van der Waals surface area contributed by atoms with Gasteiger partial charge in [-0.2, -0.15) is 0 Å². The van der Waals surface area contributed by atoms with E-state index in [9.17, 15) is 14.7 Å². The Morgan fingerprint density at radius 1 is 0.796 bits per heavy atom. The molecule has 0 fully saturated rings. The molecular weight excluding hydrogens is 697 g/mol. The first-order chi connectivity index (χ1) is 23.7. The minimum atomic E-state index is -2.97. The van der Waals surface area contributed by atoms with E-state index in [0.717, 1.165) is 25.4 Å². The molecule has 0 aliphatic heterocycles. The van der Waals surface area contributed by atoms with Gasteiger partial charge in [-0.3, -0.25) is 0 Å². The molecule has 0 aliphatic carbocycles. The van der Waals surface area contributed by atoms with Crippen LogP contribution >= 0.6 is 20.8 Å². The number of aromatic hydroxyl groups is 1. The fraction of sp³-hybridized carbons (Fsp3) is 0.171. The zero-order chi connectivity index (χ0) is 34.5. The minimum absolute atomic E-state index is 0.0345. The van der Waals surface area contributed by atoms with Gasteiger partial charge in [-0.25, -0.2) is 4.79 Å². The Morgan fingerprint density at radius 3 is 1.88 bits per heavy atom. The first kappa shape index (κ1) is 34.2. The molecule has 5 aromatic carbocycles. The van der Waals surface area contributed by atoms with Crippen LogP contribution in [0.25, 0.3) is 22.3 Å². The number of ether oxygens (including phenoxy) is 1. The van der Waals surface area contributed by atoms with Crippen molar-refractivity contribution in [1.82, 2.24) is 5.32 Å². The predicted octanol–water partition coefficient (Wildman–Crippen LogP) is 8.82. The molecule has 1 heterocycles. The fourth-order valence-electron chi connectivity index (χ4n) is 6.40. The summed E-state index contributed by atoms with van der Waals surface area (Å²) in [5.41, 5.74) is 1.54. The van der Waals surface area contributed by atoms with Gasteiger partial charge >= 0.3 is 238 Å². The van der Waals surface area contributed by atoms with Gasteiger partial charge in [-0.05, 0) is 26.0 Å². The second-order valence-electron chi connectivity index (χ2n) is 12.5. The number of phenols is 1. The van der Waals surface area contributed by atoms with E-state index in [1.807, 2.05) is 12.1 Å². The van der Waals surface area contributed by atoms with Gasteiger partial charge in [0, 0.05) is 6.04 Å². The average Bonchev–Trinajstić information content (AvgIpc) is 3.12. The van der Waals surface area contributed by atoms with Crippen LogP contribution in [0.1, 0.15) is 32.3 Å². The van der Waals surface area contributed by atoms with Gasteiger partial charge in [0.25, 0.3) is 0 Å². The molecule has 1 aromatic heterocycles. The number of carbonyl (C=O) groups is 1. The summed E-state index contributed by atoms with van der Waals surface area (Å²) in [6.07, 6.45) is 3.14. The molecule has 0 saturated carbocycles. The molecule has 8 heteroatoms. The Morgan fingerprint density at radius 2 is 1.35 bits per heavy atom. The Hall–Kier alpha value is -4.71. The molecule has 6 aromatic rings. The molecule has 6 rings (SSSR count). The van der Waals surface area contributed by atoms with Crippen molar-refractivity contribution >= 4 is 53.8 Å². The molecule has 0 unspecified atom stereocenters. The van der Waals surface area contributed by atoms with Crippen molar-refractivity contribution in [3.63, 3.8) is 0 Å². The number of hydrogen-bond acceptors (Lipinski definition) is 5. The van der Waals surface area contributed by atoms with Crippen LogP contribution in [0.2, 0.25) is 0 Å². The van der Waals surface area contributed by atoms with Crippen molar-refractivity contribution in [1.29, 1.82) is 0 Å². The Balaban J connectivity index is 1.22. The van der Waals surface area contributed by atoms with Gasteiger partial charge in [-0.1, -0.05) is 0 Å². The normalized spacial score (nSPS) is 12.4. The summed E-state index contributed by atoms with van der Waals surface area (Å²) in [7, 11) is 0. The maximum absolute atomic E-state index is 13.0. The van der Waals surface area contributed by atoms with E-state index in [1.165, 1.54) is 39.7 Å². The van der Waals surface area contributed by atoms with Crippen LogP contribution in [0.3, 0.4) is 0 Å². The van der Waals surface area contributed by atoms with Crippen LogP contribution in [0, 0.1) is 0 Å². The van der Waals surface area contributed by atoms with Crippen molar-refractivity contribution < 1.29 is 19.1 Å². The van der Waals surface area contributed by atoms with Crippen molar-refractivity contribution in [2.75, 3.05) is 6.16 Å². The quantitative estimate of drug-likeness (QED) is 0.103. The molecule has 2 N–H and O–H groups in total. The molecule has 6 nitrogen and oxygen atoms in total. The van der Waals surface area contributed by atoms with E-state index in [0.29, 0.717) is 11.3 Å². The number of fused-ring (bicyclic) bond motifs is 1. The minimum Gasteiger partial charge on any atom is -0.502 e. The summed E-state index contributed by atoms with van der Waals surface area (Å²) in [6.45, 7) is 3.60. The van der Waals surface area contributed by atoms with E-state index in [2.05, 4.69) is 124 Å². The Bertz CT molecular complexity index is 2020. The Labute approximate surface area is 294 Å². The molecule has 250 valence electrons. The van der Waals surface area contributed by atoms with Crippen LogP contribution in [0.5, 0.6) is 11.5 Å². The number of hydrogen-bond donors (Lipinski definition) is 2. The number of aryl methyl sites for hydroxylation is 1. The van der Waals surface area contributed by atoms with Gasteiger partial charge < -0.3 is 15.2 Å². The topological polar surface area (TPSA) is 88.8 Å². The summed E-state index contributed by atoms with van der Waals surface area (Å²) in [6, 6.07) is 44.6. The zero-order valence-corrected chi connectivity index (χ0v) is 30.0. The van der Waals surface area contributed by atoms with Crippen LogP contribution in [0.4, 0.5) is 4.79 Å². The fourth-order valence-corrected chi connectivity index (χ4v) is 14.1. The van der Waals surface area contributed by atoms with Gasteiger partial charge in [0.1, 0.15) is 0 Å². The van der Waals surface area contributed by atoms with Crippen LogP contribution in [0.15, 0.2) is 143 Å².